The van der Waals surface area contributed by atoms with E-state index in [9.17, 15) is 0 Å². The van der Waals surface area contributed by atoms with Crippen molar-refractivity contribution < 1.29 is 0 Å². The average Bonchev–Trinajstić information content (AvgIpc) is 2.76. The molecule has 9 nitrogen and oxygen atoms in total. The first-order valence-electron chi connectivity index (χ1n) is 10.1. The van der Waals surface area contributed by atoms with Gasteiger partial charge in [-0.2, -0.15) is 29.9 Å². The van der Waals surface area contributed by atoms with Gasteiger partial charge in [-0.25, -0.2) is 0 Å². The summed E-state index contributed by atoms with van der Waals surface area (Å²) in [7, 11) is 0. The molecule has 0 aliphatic carbocycles. The zero-order valence-corrected chi connectivity index (χ0v) is 18.3. The van der Waals surface area contributed by atoms with Crippen LogP contribution >= 0.6 is 0 Å². The fraction of sp³-hybridized carbons (Fsp3) is 0.429. The van der Waals surface area contributed by atoms with Crippen LogP contribution in [-0.2, 0) is 0 Å². The minimum Gasteiger partial charge on any atom is -0.370 e. The molecule has 0 bridgehead atoms. The molecule has 0 radical (unpaired) electrons. The van der Waals surface area contributed by atoms with Gasteiger partial charge in [0.25, 0.3) is 17.8 Å². The summed E-state index contributed by atoms with van der Waals surface area (Å²) in [5, 5.41) is 9.54. The number of aromatic nitrogens is 3. The number of rotatable bonds is 12. The van der Waals surface area contributed by atoms with Crippen LogP contribution in [0.4, 0.5) is 17.8 Å². The molecule has 0 amide bonds. The van der Waals surface area contributed by atoms with Gasteiger partial charge >= 0.3 is 0 Å². The van der Waals surface area contributed by atoms with Crippen LogP contribution in [0.1, 0.15) is 40.0 Å². The van der Waals surface area contributed by atoms with Crippen molar-refractivity contribution in [2.75, 3.05) is 19.6 Å². The van der Waals surface area contributed by atoms with Crippen molar-refractivity contribution in [3.05, 3.63) is 38.0 Å². The first kappa shape index (κ1) is 24.7. The molecule has 0 saturated heterocycles. The lowest BCUT2D eigenvalue weighted by Gasteiger charge is -2.08. The standard InChI is InChI=1S/C21H33N9/c1-7-13-22-16(10-4)25-19-28-20(26-17(11-5)23-14-8-2)30-21(29-19)27-18(12-6)24-15-9-3/h7-9H,1-3,10-15H2,4-6H3,(H3,22,23,24,25,26,27,28,29,30). The van der Waals surface area contributed by atoms with Crippen molar-refractivity contribution in [3.63, 3.8) is 0 Å². The van der Waals surface area contributed by atoms with Crippen molar-refractivity contribution in [1.29, 1.82) is 0 Å². The topological polar surface area (TPSA) is 112 Å². The lowest BCUT2D eigenvalue weighted by Crippen LogP contribution is -2.23. The summed E-state index contributed by atoms with van der Waals surface area (Å²) in [6.07, 6.45) is 7.38. The van der Waals surface area contributed by atoms with Gasteiger partial charge in [-0.1, -0.05) is 39.0 Å². The highest BCUT2D eigenvalue weighted by Crippen LogP contribution is 2.17. The van der Waals surface area contributed by atoms with Gasteiger partial charge in [0.1, 0.15) is 17.5 Å². The minimum atomic E-state index is 0.245. The van der Waals surface area contributed by atoms with Gasteiger partial charge in [0.05, 0.1) is 0 Å². The highest BCUT2D eigenvalue weighted by atomic mass is 15.2. The van der Waals surface area contributed by atoms with E-state index in [1.165, 1.54) is 0 Å². The molecule has 0 aliphatic heterocycles. The number of nitrogens with zero attached hydrogens (tertiary/aromatic N) is 6. The van der Waals surface area contributed by atoms with Crippen molar-refractivity contribution in [1.82, 2.24) is 30.9 Å². The predicted octanol–water partition coefficient (Wildman–Crippen LogP) is 3.52. The van der Waals surface area contributed by atoms with Gasteiger partial charge in [-0.05, 0) is 0 Å². The van der Waals surface area contributed by atoms with Crippen LogP contribution in [0.5, 0.6) is 0 Å². The van der Waals surface area contributed by atoms with E-state index in [1.54, 1.807) is 18.2 Å². The molecule has 9 heteroatoms. The molecule has 0 spiro atoms. The maximum atomic E-state index is 4.51. The molecule has 0 fully saturated rings. The Labute approximate surface area is 179 Å². The lowest BCUT2D eigenvalue weighted by molar-refractivity contribution is 0.945. The quantitative estimate of drug-likeness (QED) is 0.276. The summed E-state index contributed by atoms with van der Waals surface area (Å²) < 4.78 is 0. The first-order chi connectivity index (χ1) is 14.6. The van der Waals surface area contributed by atoms with Gasteiger partial charge in [-0.15, -0.1) is 19.7 Å². The van der Waals surface area contributed by atoms with Crippen molar-refractivity contribution >= 4 is 35.4 Å². The molecule has 1 aromatic heterocycles. The highest BCUT2D eigenvalue weighted by Gasteiger charge is 2.08. The molecule has 0 atom stereocenters. The molecule has 3 N–H and O–H groups in total. The van der Waals surface area contributed by atoms with E-state index in [2.05, 4.69) is 65.6 Å². The molecular formula is C21H33N9. The van der Waals surface area contributed by atoms with Crippen molar-refractivity contribution in [2.45, 2.75) is 40.0 Å². The monoisotopic (exact) mass is 411 g/mol. The van der Waals surface area contributed by atoms with E-state index in [1.807, 2.05) is 20.8 Å². The third kappa shape index (κ3) is 9.22. The molecule has 0 unspecified atom stereocenters. The van der Waals surface area contributed by atoms with Gasteiger partial charge in [0, 0.05) is 38.9 Å². The van der Waals surface area contributed by atoms with Gasteiger partial charge < -0.3 is 16.0 Å². The molecule has 1 heterocycles. The van der Waals surface area contributed by atoms with Crippen LogP contribution in [0.15, 0.2) is 52.9 Å². The third-order valence-electron chi connectivity index (χ3n) is 3.66. The Morgan fingerprint density at radius 2 is 0.900 bits per heavy atom. The van der Waals surface area contributed by atoms with Crippen LogP contribution < -0.4 is 16.0 Å². The number of hydrogen-bond acceptors (Lipinski definition) is 6. The van der Waals surface area contributed by atoms with Gasteiger partial charge in [-0.3, -0.25) is 0 Å². The zero-order chi connectivity index (χ0) is 22.2. The largest absolute Gasteiger partial charge is 0.370 e. The van der Waals surface area contributed by atoms with E-state index in [0.717, 1.165) is 17.5 Å². The van der Waals surface area contributed by atoms with Gasteiger partial charge in [0.15, 0.2) is 0 Å². The number of nitrogens with one attached hydrogen (secondary N) is 3. The second kappa shape index (κ2) is 14.6. The number of amidine groups is 3. The van der Waals surface area contributed by atoms with E-state index in [0.29, 0.717) is 38.9 Å². The summed E-state index contributed by atoms with van der Waals surface area (Å²) in [6.45, 7) is 18.9. The fourth-order valence-corrected chi connectivity index (χ4v) is 2.16. The summed E-state index contributed by atoms with van der Waals surface area (Å²) in [5.41, 5.74) is 0. The Bertz CT molecular complexity index is 677. The summed E-state index contributed by atoms with van der Waals surface area (Å²) in [6, 6.07) is 0. The molecule has 162 valence electrons. The SMILES string of the molecule is C=CCNC(CC)=Nc1nc(N=C(CC)NCC=C)nc(N=C(CC)NCC=C)n1. The van der Waals surface area contributed by atoms with Crippen molar-refractivity contribution in [3.8, 4) is 0 Å². The van der Waals surface area contributed by atoms with Crippen LogP contribution in [0.25, 0.3) is 0 Å². The molecule has 0 aromatic carbocycles. The lowest BCUT2D eigenvalue weighted by atomic mass is 10.4. The first-order valence-corrected chi connectivity index (χ1v) is 10.1. The fourth-order valence-electron chi connectivity index (χ4n) is 2.16. The molecule has 0 saturated carbocycles. The molecule has 1 aromatic rings. The molecule has 0 aliphatic rings. The summed E-state index contributed by atoms with van der Waals surface area (Å²) in [5.74, 6) is 2.96. The Hall–Kier alpha value is -3.36. The minimum absolute atomic E-state index is 0.245. The van der Waals surface area contributed by atoms with E-state index in [-0.39, 0.29) is 17.8 Å². The smallest absolute Gasteiger partial charge is 0.257 e. The second-order valence-corrected chi connectivity index (χ2v) is 5.98. The number of aliphatic imine (C=N–C) groups is 3. The van der Waals surface area contributed by atoms with Crippen LogP contribution in [-0.4, -0.2) is 52.1 Å². The Kier molecular flexibility index (Phi) is 12.0. The number of hydrogen-bond donors (Lipinski definition) is 3. The predicted molar refractivity (Wildman–Crippen MR) is 127 cm³/mol. The second-order valence-electron chi connectivity index (χ2n) is 5.98. The molecule has 1 rings (SSSR count). The average molecular weight is 412 g/mol. The van der Waals surface area contributed by atoms with Crippen LogP contribution in [0, 0.1) is 0 Å². The van der Waals surface area contributed by atoms with E-state index in [4.69, 9.17) is 0 Å². The Morgan fingerprint density at radius 1 is 0.633 bits per heavy atom. The van der Waals surface area contributed by atoms with E-state index < -0.39 is 0 Å². The normalized spacial score (nSPS) is 12.3. The van der Waals surface area contributed by atoms with Crippen LogP contribution in [0.3, 0.4) is 0 Å². The van der Waals surface area contributed by atoms with E-state index >= 15 is 0 Å². The maximum absolute atomic E-state index is 4.51. The summed E-state index contributed by atoms with van der Waals surface area (Å²) in [4.78, 5) is 26.7. The molecule has 30 heavy (non-hydrogen) atoms. The Balaban J connectivity index is 3.41. The highest BCUT2D eigenvalue weighted by molar-refractivity contribution is 5.86. The Morgan fingerprint density at radius 3 is 1.10 bits per heavy atom. The zero-order valence-electron chi connectivity index (χ0n) is 18.3. The third-order valence-corrected chi connectivity index (χ3v) is 3.66. The van der Waals surface area contributed by atoms with Crippen LogP contribution in [0.2, 0.25) is 0 Å². The molecular weight excluding hydrogens is 378 g/mol. The maximum Gasteiger partial charge on any atom is 0.257 e. The van der Waals surface area contributed by atoms with Crippen molar-refractivity contribution in [2.24, 2.45) is 15.0 Å². The van der Waals surface area contributed by atoms with Gasteiger partial charge in [0.2, 0.25) is 0 Å². The summed E-state index contributed by atoms with van der Waals surface area (Å²) >= 11 is 0.